The Morgan fingerprint density at radius 1 is 0.459 bits per heavy atom. The predicted molar refractivity (Wildman–Crippen MR) is 323 cm³/mol. The van der Waals surface area contributed by atoms with Crippen molar-refractivity contribution in [3.63, 3.8) is 0 Å². The molecule has 3 N–H and O–H groups in total. The number of allylic oxidation sites excluding steroid dienone is 5. The van der Waals surface area contributed by atoms with Gasteiger partial charge in [-0.1, -0.05) is 301 Å². The second-order valence-electron chi connectivity index (χ2n) is 23.5. The number of likely N-dealkylation sites (N-methyl/N-ethyl adjacent to an activating group) is 1. The molecule has 0 saturated carbocycles. The standard InChI is InChI=1S/C65H127N2O6P/c1-6-8-10-12-14-16-18-20-22-24-26-27-28-29-30-31-32-33-34-35-36-37-38-39-41-43-45-47-49-51-53-55-57-59-65(69)66-63(62-73-74(70,71)72-61-60-67(3,4)5)64(68)58-56-54-52-50-48-46-44-42-40-25-23-21-19-17-15-13-11-9-7-2/h26-27,29-30,56,58,63-64,68H,6-25,28,31-55,57,59-62H2,1-5H3,(H-,66,69,70,71)/p+1/b27-26-,30-29-,58-56+. The Kier molecular flexibility index (Phi) is 55.5. The van der Waals surface area contributed by atoms with Crippen LogP contribution in [0.5, 0.6) is 0 Å². The molecule has 8 nitrogen and oxygen atoms in total. The maximum Gasteiger partial charge on any atom is 0.472 e. The molecule has 0 aromatic carbocycles. The van der Waals surface area contributed by atoms with E-state index >= 15 is 0 Å². The number of rotatable bonds is 60. The van der Waals surface area contributed by atoms with Gasteiger partial charge in [-0.15, -0.1) is 0 Å². The molecule has 0 aromatic rings. The highest BCUT2D eigenvalue weighted by Gasteiger charge is 2.28. The maximum atomic E-state index is 13.0. The van der Waals surface area contributed by atoms with Crippen molar-refractivity contribution in [2.24, 2.45) is 0 Å². The van der Waals surface area contributed by atoms with Crippen LogP contribution in [0.3, 0.4) is 0 Å². The van der Waals surface area contributed by atoms with Crippen LogP contribution in [0.15, 0.2) is 36.5 Å². The van der Waals surface area contributed by atoms with Crippen LogP contribution >= 0.6 is 7.82 Å². The van der Waals surface area contributed by atoms with Crippen LogP contribution < -0.4 is 5.32 Å². The molecular formula is C65H128N2O6P+. The molecule has 0 bridgehead atoms. The quantitative estimate of drug-likeness (QED) is 0.0243. The Morgan fingerprint density at radius 3 is 1.11 bits per heavy atom. The van der Waals surface area contributed by atoms with E-state index in [0.717, 1.165) is 44.9 Å². The number of unbranched alkanes of at least 4 members (excludes halogenated alkanes) is 43. The zero-order valence-corrected chi connectivity index (χ0v) is 51.0. The van der Waals surface area contributed by atoms with Gasteiger partial charge in [0.1, 0.15) is 13.2 Å². The minimum atomic E-state index is -4.35. The van der Waals surface area contributed by atoms with Crippen LogP contribution in [-0.2, 0) is 18.4 Å². The minimum absolute atomic E-state index is 0.0631. The number of carbonyl (C=O) groups is 1. The van der Waals surface area contributed by atoms with E-state index in [0.29, 0.717) is 17.4 Å². The monoisotopic (exact) mass is 1060 g/mol. The van der Waals surface area contributed by atoms with Crippen molar-refractivity contribution in [1.29, 1.82) is 0 Å². The molecule has 0 radical (unpaired) electrons. The largest absolute Gasteiger partial charge is 0.472 e. The molecule has 0 saturated heterocycles. The van der Waals surface area contributed by atoms with Crippen molar-refractivity contribution in [3.05, 3.63) is 36.5 Å². The van der Waals surface area contributed by atoms with Gasteiger partial charge in [-0.25, -0.2) is 4.57 Å². The first-order valence-corrected chi connectivity index (χ1v) is 33.9. The second-order valence-corrected chi connectivity index (χ2v) is 24.9. The SMILES string of the molecule is CCCCCCCCCCC/C=C\C/C=C\CCCCCCCCCCCCCCCCCCCC(=O)NC(COP(=O)(O)OCC[N+](C)(C)C)C(O)/C=C/CCCCCCCCCCCCCCCCCCC. The Balaban J connectivity index is 4.05. The smallest absolute Gasteiger partial charge is 0.387 e. The van der Waals surface area contributed by atoms with Crippen molar-refractivity contribution < 1.29 is 32.9 Å². The predicted octanol–water partition coefficient (Wildman–Crippen LogP) is 20.1. The van der Waals surface area contributed by atoms with Crippen LogP contribution in [0.2, 0.25) is 0 Å². The first-order chi connectivity index (χ1) is 36.0. The highest BCUT2D eigenvalue weighted by Crippen LogP contribution is 2.43. The third-order valence-electron chi connectivity index (χ3n) is 14.9. The van der Waals surface area contributed by atoms with Gasteiger partial charge in [0.2, 0.25) is 5.91 Å². The number of carbonyl (C=O) groups excluding carboxylic acids is 1. The average Bonchev–Trinajstić information content (AvgIpc) is 3.36. The lowest BCUT2D eigenvalue weighted by Crippen LogP contribution is -2.45. The Bertz CT molecular complexity index is 1300. The van der Waals surface area contributed by atoms with Crippen LogP contribution in [0.1, 0.15) is 322 Å². The van der Waals surface area contributed by atoms with Gasteiger partial charge >= 0.3 is 7.82 Å². The van der Waals surface area contributed by atoms with Crippen LogP contribution in [0, 0.1) is 0 Å². The van der Waals surface area contributed by atoms with E-state index < -0.39 is 20.0 Å². The molecule has 0 aliphatic carbocycles. The fourth-order valence-electron chi connectivity index (χ4n) is 9.78. The van der Waals surface area contributed by atoms with Gasteiger partial charge in [0.25, 0.3) is 0 Å². The number of aliphatic hydroxyl groups excluding tert-OH is 1. The molecule has 0 aliphatic heterocycles. The van der Waals surface area contributed by atoms with E-state index in [1.165, 1.54) is 257 Å². The number of hydrogen-bond donors (Lipinski definition) is 3. The van der Waals surface area contributed by atoms with Crippen molar-refractivity contribution >= 4 is 13.7 Å². The number of nitrogens with zero attached hydrogens (tertiary/aromatic N) is 1. The molecule has 74 heavy (non-hydrogen) atoms. The van der Waals surface area contributed by atoms with Gasteiger partial charge in [0, 0.05) is 6.42 Å². The van der Waals surface area contributed by atoms with Gasteiger partial charge in [0.05, 0.1) is 39.9 Å². The summed E-state index contributed by atoms with van der Waals surface area (Å²) in [6, 6.07) is -0.846. The molecule has 438 valence electrons. The van der Waals surface area contributed by atoms with Gasteiger partial charge < -0.3 is 19.8 Å². The summed E-state index contributed by atoms with van der Waals surface area (Å²) in [6.07, 6.45) is 74.1. The maximum absolute atomic E-state index is 13.0. The fraction of sp³-hybridized carbons (Fsp3) is 0.892. The highest BCUT2D eigenvalue weighted by molar-refractivity contribution is 7.47. The Morgan fingerprint density at radius 2 is 0.770 bits per heavy atom. The lowest BCUT2D eigenvalue weighted by atomic mass is 10.0. The van der Waals surface area contributed by atoms with Gasteiger partial charge in [-0.2, -0.15) is 0 Å². The number of phosphoric ester groups is 1. The molecule has 3 atom stereocenters. The Labute approximate surface area is 461 Å². The number of nitrogens with one attached hydrogen (secondary N) is 1. The third kappa shape index (κ3) is 58.4. The molecule has 0 heterocycles. The van der Waals surface area contributed by atoms with Crippen molar-refractivity contribution in [1.82, 2.24) is 5.32 Å². The minimum Gasteiger partial charge on any atom is -0.387 e. The fourth-order valence-corrected chi connectivity index (χ4v) is 10.5. The van der Waals surface area contributed by atoms with Crippen LogP contribution in [0.25, 0.3) is 0 Å². The summed E-state index contributed by atoms with van der Waals surface area (Å²) >= 11 is 0. The van der Waals surface area contributed by atoms with Crippen molar-refractivity contribution in [2.45, 2.75) is 334 Å². The van der Waals surface area contributed by atoms with E-state index in [-0.39, 0.29) is 19.1 Å². The van der Waals surface area contributed by atoms with E-state index in [9.17, 15) is 19.4 Å². The topological polar surface area (TPSA) is 105 Å². The van der Waals surface area contributed by atoms with Crippen molar-refractivity contribution in [3.8, 4) is 0 Å². The number of aliphatic hydroxyl groups is 1. The molecule has 0 aliphatic rings. The third-order valence-corrected chi connectivity index (χ3v) is 15.8. The van der Waals surface area contributed by atoms with Crippen LogP contribution in [-0.4, -0.2) is 73.4 Å². The number of phosphoric acid groups is 1. The average molecular weight is 1060 g/mol. The normalized spacial score (nSPS) is 14.0. The summed E-state index contributed by atoms with van der Waals surface area (Å²) < 4.78 is 23.8. The van der Waals surface area contributed by atoms with E-state index in [2.05, 4.69) is 43.5 Å². The van der Waals surface area contributed by atoms with E-state index in [4.69, 9.17) is 9.05 Å². The molecule has 1 amide bonds. The molecular weight excluding hydrogens is 936 g/mol. The highest BCUT2D eigenvalue weighted by atomic mass is 31.2. The molecule has 0 fully saturated rings. The first kappa shape index (κ1) is 72.7. The van der Waals surface area contributed by atoms with E-state index in [1.807, 2.05) is 27.2 Å². The first-order valence-electron chi connectivity index (χ1n) is 32.4. The Hall–Kier alpha value is -1.28. The molecule has 3 unspecified atom stereocenters. The lowest BCUT2D eigenvalue weighted by Gasteiger charge is -2.25. The number of hydrogen-bond acceptors (Lipinski definition) is 5. The zero-order valence-electron chi connectivity index (χ0n) is 50.1. The lowest BCUT2D eigenvalue weighted by molar-refractivity contribution is -0.870. The summed E-state index contributed by atoms with van der Waals surface area (Å²) in [4.78, 5) is 23.4. The van der Waals surface area contributed by atoms with E-state index in [1.54, 1.807) is 6.08 Å². The summed E-state index contributed by atoms with van der Waals surface area (Å²) in [5, 5.41) is 14.0. The summed E-state index contributed by atoms with van der Waals surface area (Å²) in [7, 11) is 1.59. The second kappa shape index (κ2) is 56.4. The summed E-state index contributed by atoms with van der Waals surface area (Å²) in [5.41, 5.74) is 0. The number of amides is 1. The van der Waals surface area contributed by atoms with Gasteiger partial charge in [-0.3, -0.25) is 13.8 Å². The van der Waals surface area contributed by atoms with Crippen molar-refractivity contribution in [2.75, 3.05) is 40.9 Å². The summed E-state index contributed by atoms with van der Waals surface area (Å²) in [5.74, 6) is -0.172. The molecule has 9 heteroatoms. The molecule has 0 spiro atoms. The van der Waals surface area contributed by atoms with Gasteiger partial charge in [-0.05, 0) is 51.4 Å². The number of quaternary nitrogens is 1. The molecule has 0 aromatic heterocycles. The zero-order chi connectivity index (χ0) is 54.2. The van der Waals surface area contributed by atoms with Crippen LogP contribution in [0.4, 0.5) is 0 Å². The molecule has 0 rings (SSSR count). The van der Waals surface area contributed by atoms with Gasteiger partial charge in [0.15, 0.2) is 0 Å². The summed E-state index contributed by atoms with van der Waals surface area (Å²) in [6.45, 7) is 4.86.